The standard InChI is InChI=1S/C19H21NO3/c21-15-9-12-20(19(13-15)10-4-11-19)18(22)17-8-7-16(23-17)14-5-2-1-3-6-14/h1-3,5-8,15,21H,4,9-13H2. The highest BCUT2D eigenvalue weighted by Crippen LogP contribution is 2.45. The number of rotatable bonds is 2. The summed E-state index contributed by atoms with van der Waals surface area (Å²) in [6.45, 7) is 0.612. The van der Waals surface area contributed by atoms with E-state index < -0.39 is 0 Å². The number of furan rings is 1. The van der Waals surface area contributed by atoms with Crippen LogP contribution in [0, 0.1) is 0 Å². The SMILES string of the molecule is O=C(c1ccc(-c2ccccc2)o1)N1CCC(O)CC12CCC2. The van der Waals surface area contributed by atoms with Crippen molar-refractivity contribution in [2.24, 2.45) is 0 Å². The van der Waals surface area contributed by atoms with E-state index in [9.17, 15) is 9.90 Å². The van der Waals surface area contributed by atoms with Gasteiger partial charge < -0.3 is 14.4 Å². The van der Waals surface area contributed by atoms with E-state index in [0.29, 0.717) is 30.9 Å². The second-order valence-corrected chi connectivity index (χ2v) is 6.71. The third-order valence-corrected chi connectivity index (χ3v) is 5.28. The van der Waals surface area contributed by atoms with Crippen molar-refractivity contribution < 1.29 is 14.3 Å². The topological polar surface area (TPSA) is 53.7 Å². The maximum atomic E-state index is 12.9. The van der Waals surface area contributed by atoms with Gasteiger partial charge in [-0.05, 0) is 44.2 Å². The normalized spacial score (nSPS) is 22.8. The van der Waals surface area contributed by atoms with Crippen molar-refractivity contribution >= 4 is 5.91 Å². The molecule has 1 N–H and O–H groups in total. The van der Waals surface area contributed by atoms with E-state index in [1.165, 1.54) is 0 Å². The van der Waals surface area contributed by atoms with E-state index in [1.54, 1.807) is 6.07 Å². The molecular weight excluding hydrogens is 290 g/mol. The first kappa shape index (κ1) is 14.5. The monoisotopic (exact) mass is 311 g/mol. The van der Waals surface area contributed by atoms with Crippen LogP contribution in [0.15, 0.2) is 46.9 Å². The van der Waals surface area contributed by atoms with Crippen LogP contribution in [0.2, 0.25) is 0 Å². The molecule has 1 atom stereocenters. The highest BCUT2D eigenvalue weighted by Gasteiger charge is 2.49. The van der Waals surface area contributed by atoms with E-state index in [0.717, 1.165) is 24.8 Å². The first-order valence-corrected chi connectivity index (χ1v) is 8.33. The lowest BCUT2D eigenvalue weighted by atomic mass is 9.69. The quantitative estimate of drug-likeness (QED) is 0.924. The summed E-state index contributed by atoms with van der Waals surface area (Å²) in [6, 6.07) is 13.4. The first-order valence-electron chi connectivity index (χ1n) is 8.33. The average molecular weight is 311 g/mol. The van der Waals surface area contributed by atoms with Crippen LogP contribution in [-0.4, -0.2) is 34.1 Å². The Hall–Kier alpha value is -2.07. The molecule has 1 aromatic heterocycles. The van der Waals surface area contributed by atoms with Crippen molar-refractivity contribution in [3.05, 3.63) is 48.2 Å². The zero-order valence-electron chi connectivity index (χ0n) is 13.1. The maximum Gasteiger partial charge on any atom is 0.290 e. The van der Waals surface area contributed by atoms with Crippen molar-refractivity contribution in [1.82, 2.24) is 4.90 Å². The first-order chi connectivity index (χ1) is 11.2. The minimum absolute atomic E-state index is 0.0428. The number of hydrogen-bond donors (Lipinski definition) is 1. The lowest BCUT2D eigenvalue weighted by molar-refractivity contribution is -0.0496. The van der Waals surface area contributed by atoms with Gasteiger partial charge in [0.05, 0.1) is 6.10 Å². The fraction of sp³-hybridized carbons (Fsp3) is 0.421. The summed E-state index contributed by atoms with van der Waals surface area (Å²) in [7, 11) is 0. The molecule has 4 heteroatoms. The Kier molecular flexibility index (Phi) is 3.49. The smallest absolute Gasteiger partial charge is 0.290 e. The molecule has 1 spiro atoms. The summed E-state index contributed by atoms with van der Waals surface area (Å²) < 4.78 is 5.82. The fourth-order valence-corrected chi connectivity index (χ4v) is 3.89. The second-order valence-electron chi connectivity index (χ2n) is 6.71. The van der Waals surface area contributed by atoms with Crippen LogP contribution in [-0.2, 0) is 0 Å². The number of carbonyl (C=O) groups excluding carboxylic acids is 1. The van der Waals surface area contributed by atoms with Crippen molar-refractivity contribution in [3.8, 4) is 11.3 Å². The third kappa shape index (κ3) is 2.47. The lowest BCUT2D eigenvalue weighted by Gasteiger charge is -2.54. The summed E-state index contributed by atoms with van der Waals surface area (Å²) in [5.41, 5.74) is 0.827. The third-order valence-electron chi connectivity index (χ3n) is 5.28. The molecule has 1 aliphatic heterocycles. The van der Waals surface area contributed by atoms with Crippen molar-refractivity contribution in [2.75, 3.05) is 6.54 Å². The summed E-state index contributed by atoms with van der Waals surface area (Å²) in [4.78, 5) is 14.9. The molecule has 120 valence electrons. The van der Waals surface area contributed by atoms with Gasteiger partial charge in [-0.1, -0.05) is 30.3 Å². The van der Waals surface area contributed by atoms with Crippen LogP contribution in [0.3, 0.4) is 0 Å². The van der Waals surface area contributed by atoms with Crippen LogP contribution >= 0.6 is 0 Å². The van der Waals surface area contributed by atoms with E-state index in [4.69, 9.17) is 4.42 Å². The predicted octanol–water partition coefficient (Wildman–Crippen LogP) is 3.47. The van der Waals surface area contributed by atoms with Gasteiger partial charge in [0.1, 0.15) is 5.76 Å². The van der Waals surface area contributed by atoms with Crippen LogP contribution in [0.4, 0.5) is 0 Å². The van der Waals surface area contributed by atoms with Crippen LogP contribution in [0.1, 0.15) is 42.7 Å². The molecule has 2 fully saturated rings. The average Bonchev–Trinajstić information content (AvgIpc) is 3.03. The number of aliphatic hydroxyl groups excluding tert-OH is 1. The molecule has 1 unspecified atom stereocenters. The molecular formula is C19H21NO3. The Labute approximate surface area is 135 Å². The Bertz CT molecular complexity index is 702. The van der Waals surface area contributed by atoms with Crippen molar-refractivity contribution in [2.45, 2.75) is 43.7 Å². The molecule has 1 saturated heterocycles. The number of likely N-dealkylation sites (tertiary alicyclic amines) is 1. The molecule has 0 bridgehead atoms. The van der Waals surface area contributed by atoms with Crippen molar-refractivity contribution in [3.63, 3.8) is 0 Å². The number of aliphatic hydroxyl groups is 1. The molecule has 2 aromatic rings. The van der Waals surface area contributed by atoms with E-state index in [-0.39, 0.29) is 17.6 Å². The van der Waals surface area contributed by atoms with Crippen LogP contribution < -0.4 is 0 Å². The Morgan fingerprint density at radius 3 is 2.65 bits per heavy atom. The number of hydrogen-bond acceptors (Lipinski definition) is 3. The number of piperidine rings is 1. The number of benzene rings is 1. The van der Waals surface area contributed by atoms with Crippen LogP contribution in [0.5, 0.6) is 0 Å². The molecule has 4 rings (SSSR count). The zero-order chi connectivity index (χ0) is 15.9. The van der Waals surface area contributed by atoms with Gasteiger partial charge in [0.15, 0.2) is 5.76 Å². The van der Waals surface area contributed by atoms with Gasteiger partial charge in [-0.25, -0.2) is 0 Å². The van der Waals surface area contributed by atoms with E-state index >= 15 is 0 Å². The Morgan fingerprint density at radius 1 is 1.17 bits per heavy atom. The number of carbonyl (C=O) groups is 1. The summed E-state index contributed by atoms with van der Waals surface area (Å²) in [6.07, 6.45) is 4.18. The minimum atomic E-state index is -0.282. The largest absolute Gasteiger partial charge is 0.451 e. The van der Waals surface area contributed by atoms with Gasteiger partial charge in [-0.3, -0.25) is 4.79 Å². The van der Waals surface area contributed by atoms with Gasteiger partial charge in [0.25, 0.3) is 5.91 Å². The van der Waals surface area contributed by atoms with E-state index in [1.807, 2.05) is 41.3 Å². The van der Waals surface area contributed by atoms with Gasteiger partial charge in [-0.15, -0.1) is 0 Å². The molecule has 1 aliphatic carbocycles. The van der Waals surface area contributed by atoms with E-state index in [2.05, 4.69) is 0 Å². The number of amides is 1. The zero-order valence-corrected chi connectivity index (χ0v) is 13.1. The summed E-state index contributed by atoms with van der Waals surface area (Å²) >= 11 is 0. The molecule has 2 aliphatic rings. The molecule has 4 nitrogen and oxygen atoms in total. The summed E-state index contributed by atoms with van der Waals surface area (Å²) in [5.74, 6) is 1.07. The maximum absolute atomic E-state index is 12.9. The van der Waals surface area contributed by atoms with Crippen molar-refractivity contribution in [1.29, 1.82) is 0 Å². The second kappa shape index (κ2) is 5.53. The van der Waals surface area contributed by atoms with Crippen LogP contribution in [0.25, 0.3) is 11.3 Å². The van der Waals surface area contributed by atoms with Gasteiger partial charge >= 0.3 is 0 Å². The molecule has 1 saturated carbocycles. The minimum Gasteiger partial charge on any atom is -0.451 e. The van der Waals surface area contributed by atoms with Gasteiger partial charge in [0, 0.05) is 17.6 Å². The highest BCUT2D eigenvalue weighted by atomic mass is 16.4. The molecule has 1 amide bonds. The predicted molar refractivity (Wildman–Crippen MR) is 87.0 cm³/mol. The molecule has 0 radical (unpaired) electrons. The molecule has 1 aromatic carbocycles. The van der Waals surface area contributed by atoms with Gasteiger partial charge in [-0.2, -0.15) is 0 Å². The Balaban J connectivity index is 1.58. The number of nitrogens with zero attached hydrogens (tertiary/aromatic N) is 1. The molecule has 23 heavy (non-hydrogen) atoms. The summed E-state index contributed by atoms with van der Waals surface area (Å²) in [5, 5.41) is 9.97. The fourth-order valence-electron chi connectivity index (χ4n) is 3.89. The van der Waals surface area contributed by atoms with Gasteiger partial charge in [0.2, 0.25) is 0 Å². The lowest BCUT2D eigenvalue weighted by Crippen LogP contribution is -2.61. The Morgan fingerprint density at radius 2 is 1.96 bits per heavy atom. The molecule has 2 heterocycles. The highest BCUT2D eigenvalue weighted by molar-refractivity contribution is 5.93.